The zero-order valence-electron chi connectivity index (χ0n) is 22.5. The second-order valence-electron chi connectivity index (χ2n) is 9.09. The van der Waals surface area contributed by atoms with Crippen LogP contribution in [0.5, 0.6) is 11.5 Å². The van der Waals surface area contributed by atoms with E-state index in [1.54, 1.807) is 12.1 Å². The third-order valence-electron chi connectivity index (χ3n) is 6.24. The Kier molecular flexibility index (Phi) is 8.85. The molecule has 10 heteroatoms. The molecule has 4 aromatic carbocycles. The minimum atomic E-state index is -0.493. The summed E-state index contributed by atoms with van der Waals surface area (Å²) in [5.41, 5.74) is 1.56. The molecule has 0 N–H and O–H groups in total. The lowest BCUT2D eigenvalue weighted by Crippen LogP contribution is -2.08. The molecule has 0 aliphatic carbocycles. The number of ether oxygens (including phenoxy) is 2. The first-order chi connectivity index (χ1) is 20.9. The van der Waals surface area contributed by atoms with Gasteiger partial charge in [-0.15, -0.1) is 11.3 Å². The fourth-order valence-corrected chi connectivity index (χ4v) is 5.29. The Morgan fingerprint density at radius 3 is 1.98 bits per heavy atom. The largest absolute Gasteiger partial charge is 0.488 e. The predicted molar refractivity (Wildman–Crippen MR) is 166 cm³/mol. The minimum absolute atomic E-state index is 0.0203. The van der Waals surface area contributed by atoms with Crippen LogP contribution in [-0.4, -0.2) is 23.1 Å². The molecule has 9 nitrogen and oxygen atoms in total. The lowest BCUT2D eigenvalue weighted by Gasteiger charge is -2.10. The molecular formula is C33H22N2O7S. The predicted octanol–water partition coefficient (Wildman–Crippen LogP) is 7.29. The molecule has 0 amide bonds. The summed E-state index contributed by atoms with van der Waals surface area (Å²) < 4.78 is 12.4. The Labute approximate surface area is 249 Å². The van der Waals surface area contributed by atoms with Crippen molar-refractivity contribution in [3.8, 4) is 33.8 Å². The van der Waals surface area contributed by atoms with Gasteiger partial charge in [-0.3, -0.25) is 25.0 Å². The van der Waals surface area contributed by atoms with Crippen LogP contribution in [0.25, 0.3) is 26.6 Å². The molecule has 0 aliphatic rings. The van der Waals surface area contributed by atoms with Gasteiger partial charge in [-0.25, -0.2) is 0 Å². The van der Waals surface area contributed by atoms with E-state index in [2.05, 4.69) is 11.8 Å². The smallest absolute Gasteiger partial charge is 0.269 e. The Morgan fingerprint density at radius 2 is 1.35 bits per heavy atom. The van der Waals surface area contributed by atoms with Gasteiger partial charge in [-0.2, -0.15) is 0 Å². The average molecular weight is 591 g/mol. The van der Waals surface area contributed by atoms with Crippen molar-refractivity contribution >= 4 is 38.9 Å². The fraction of sp³-hybridized carbons (Fsp3) is 0.0606. The normalized spacial score (nSPS) is 10.9. The molecule has 0 aliphatic heterocycles. The van der Waals surface area contributed by atoms with Crippen molar-refractivity contribution < 1.29 is 19.3 Å². The van der Waals surface area contributed by atoms with Crippen molar-refractivity contribution in [2.45, 2.75) is 0 Å². The van der Waals surface area contributed by atoms with Crippen molar-refractivity contribution in [1.29, 1.82) is 0 Å². The van der Waals surface area contributed by atoms with Gasteiger partial charge in [-0.05, 0) is 48.0 Å². The number of nitrogens with zero attached hydrogens (tertiary/aromatic N) is 2. The zero-order valence-corrected chi connectivity index (χ0v) is 23.3. The van der Waals surface area contributed by atoms with Crippen LogP contribution >= 0.6 is 11.3 Å². The molecule has 0 unspecified atom stereocenters. The Morgan fingerprint density at radius 1 is 0.767 bits per heavy atom. The molecule has 212 valence electrons. The molecule has 0 spiro atoms. The van der Waals surface area contributed by atoms with E-state index in [1.165, 1.54) is 59.9 Å². The summed E-state index contributed by atoms with van der Waals surface area (Å²) in [5, 5.41) is 22.5. The molecule has 0 bridgehead atoms. The van der Waals surface area contributed by atoms with Gasteiger partial charge in [0, 0.05) is 50.4 Å². The number of benzene rings is 4. The van der Waals surface area contributed by atoms with Gasteiger partial charge in [0.05, 0.1) is 9.85 Å². The highest BCUT2D eigenvalue weighted by atomic mass is 32.1. The van der Waals surface area contributed by atoms with Gasteiger partial charge in [0.1, 0.15) is 24.7 Å². The van der Waals surface area contributed by atoms with Crippen molar-refractivity contribution in [3.63, 3.8) is 0 Å². The van der Waals surface area contributed by atoms with Crippen molar-refractivity contribution in [2.24, 2.45) is 0 Å². The van der Waals surface area contributed by atoms with E-state index in [0.717, 1.165) is 15.1 Å². The van der Waals surface area contributed by atoms with E-state index in [-0.39, 0.29) is 30.0 Å². The number of fused-ring (bicyclic) bond motifs is 1. The van der Waals surface area contributed by atoms with Gasteiger partial charge in [0.15, 0.2) is 5.43 Å². The molecule has 0 radical (unpaired) electrons. The van der Waals surface area contributed by atoms with Gasteiger partial charge < -0.3 is 9.47 Å². The first-order valence-corrected chi connectivity index (χ1v) is 13.8. The number of rotatable bonds is 9. The molecule has 5 rings (SSSR count). The number of non-ortho nitro benzene ring substituents is 2. The van der Waals surface area contributed by atoms with Crippen LogP contribution in [0.15, 0.2) is 113 Å². The van der Waals surface area contributed by atoms with E-state index in [1.807, 2.05) is 48.5 Å². The summed E-state index contributed by atoms with van der Waals surface area (Å²) in [6.07, 6.45) is 1.71. The topological polar surface area (TPSA) is 122 Å². The lowest BCUT2D eigenvalue weighted by atomic mass is 10.0. The van der Waals surface area contributed by atoms with Crippen LogP contribution in [0, 0.1) is 32.1 Å². The number of nitro benzene ring substituents is 2. The maximum atomic E-state index is 13.8. The highest BCUT2D eigenvalue weighted by molar-refractivity contribution is 7.21. The SMILES string of the molecule is O=c1c(/C=C(\C#CCOc2ccc([N+](=O)[O-])cc2)COc2ccc([N+](=O)[O-])cc2)c(-c2ccccc2)sc2ccccc12. The number of hydrogen-bond donors (Lipinski definition) is 0. The van der Waals surface area contributed by atoms with Gasteiger partial charge >= 0.3 is 0 Å². The summed E-state index contributed by atoms with van der Waals surface area (Å²) in [4.78, 5) is 35.5. The van der Waals surface area contributed by atoms with Crippen molar-refractivity contribution in [3.05, 3.63) is 145 Å². The molecule has 43 heavy (non-hydrogen) atoms. The molecule has 0 fully saturated rings. The minimum Gasteiger partial charge on any atom is -0.488 e. The lowest BCUT2D eigenvalue weighted by molar-refractivity contribution is -0.385. The maximum Gasteiger partial charge on any atom is 0.269 e. The van der Waals surface area contributed by atoms with E-state index >= 15 is 0 Å². The third-order valence-corrected chi connectivity index (χ3v) is 7.47. The second kappa shape index (κ2) is 13.2. The van der Waals surface area contributed by atoms with Crippen LogP contribution in [0.2, 0.25) is 0 Å². The van der Waals surface area contributed by atoms with Crippen LogP contribution in [-0.2, 0) is 0 Å². The zero-order chi connectivity index (χ0) is 30.2. The van der Waals surface area contributed by atoms with Crippen LogP contribution in [0.4, 0.5) is 11.4 Å². The van der Waals surface area contributed by atoms with Gasteiger partial charge in [0.25, 0.3) is 11.4 Å². The molecule has 1 heterocycles. The summed E-state index contributed by atoms with van der Waals surface area (Å²) in [7, 11) is 0. The van der Waals surface area contributed by atoms with Crippen molar-refractivity contribution in [1.82, 2.24) is 0 Å². The second-order valence-corrected chi connectivity index (χ2v) is 10.1. The van der Waals surface area contributed by atoms with Crippen LogP contribution in [0.1, 0.15) is 5.56 Å². The highest BCUT2D eigenvalue weighted by Crippen LogP contribution is 2.32. The highest BCUT2D eigenvalue weighted by Gasteiger charge is 2.14. The van der Waals surface area contributed by atoms with E-state index < -0.39 is 9.85 Å². The molecule has 5 aromatic rings. The maximum absolute atomic E-state index is 13.8. The standard InChI is InChI=1S/C33H22N2O7S/c36-32-29-10-4-5-11-31(29)43-33(24-8-2-1-3-9-24)30(32)21-23(22-42-28-18-14-26(15-19-28)35(39)40)7-6-20-41-27-16-12-25(13-17-27)34(37)38/h1-5,8-19,21H,20,22H2/b23-21+. The summed E-state index contributed by atoms with van der Waals surface area (Å²) in [6, 6.07) is 28.3. The molecule has 0 saturated heterocycles. The molecule has 0 atom stereocenters. The van der Waals surface area contributed by atoms with Crippen molar-refractivity contribution in [2.75, 3.05) is 13.2 Å². The molecule has 0 saturated carbocycles. The first-order valence-electron chi connectivity index (χ1n) is 12.9. The summed E-state index contributed by atoms with van der Waals surface area (Å²) >= 11 is 1.50. The number of nitro groups is 2. The van der Waals surface area contributed by atoms with Crippen LogP contribution < -0.4 is 14.9 Å². The Hall–Kier alpha value is -5.79. The number of hydrogen-bond acceptors (Lipinski definition) is 8. The Balaban J connectivity index is 1.50. The third kappa shape index (κ3) is 7.11. The average Bonchev–Trinajstić information content (AvgIpc) is 3.03. The van der Waals surface area contributed by atoms with Crippen LogP contribution in [0.3, 0.4) is 0 Å². The summed E-state index contributed by atoms with van der Waals surface area (Å²) in [6.45, 7) is -0.0453. The Bertz CT molecular complexity index is 1940. The van der Waals surface area contributed by atoms with E-state index in [9.17, 15) is 25.0 Å². The fourth-order valence-electron chi connectivity index (χ4n) is 4.14. The van der Waals surface area contributed by atoms with Gasteiger partial charge in [-0.1, -0.05) is 54.3 Å². The first kappa shape index (κ1) is 28.7. The van der Waals surface area contributed by atoms with E-state index in [0.29, 0.717) is 28.0 Å². The van der Waals surface area contributed by atoms with E-state index in [4.69, 9.17) is 9.47 Å². The van der Waals surface area contributed by atoms with Gasteiger partial charge in [0.2, 0.25) is 0 Å². The summed E-state index contributed by atoms with van der Waals surface area (Å²) in [5.74, 6) is 6.77. The quantitative estimate of drug-likeness (QED) is 0.100. The monoisotopic (exact) mass is 590 g/mol. The molecule has 1 aromatic heterocycles. The molecular weight excluding hydrogens is 568 g/mol.